The molecule has 1 saturated heterocycles. The Morgan fingerprint density at radius 3 is 3.00 bits per heavy atom. The van der Waals surface area contributed by atoms with Gasteiger partial charge in [0, 0.05) is 12.6 Å². The smallest absolute Gasteiger partial charge is 0.318 e. The van der Waals surface area contributed by atoms with Crippen LogP contribution in [0.2, 0.25) is 0 Å². The summed E-state index contributed by atoms with van der Waals surface area (Å²) in [6.07, 6.45) is 2.42. The summed E-state index contributed by atoms with van der Waals surface area (Å²) in [4.78, 5) is 2.19. The second-order valence-electron chi connectivity index (χ2n) is 4.39. The first-order valence-corrected chi connectivity index (χ1v) is 6.05. The minimum Gasteiger partial charge on any atom is -0.406 e. The molecule has 0 bridgehead atoms. The van der Waals surface area contributed by atoms with Crippen LogP contribution in [-0.2, 0) is 0 Å². The molecule has 0 amide bonds. The molecule has 1 fully saturated rings. The minimum absolute atomic E-state index is 0.129. The Hall–Kier alpha value is -1.10. The average Bonchev–Trinajstić information content (AvgIpc) is 2.86. The van der Waals surface area contributed by atoms with Crippen molar-refractivity contribution in [2.24, 2.45) is 0 Å². The molecule has 1 N–H and O–H groups in total. The largest absolute Gasteiger partial charge is 0.406 e. The van der Waals surface area contributed by atoms with Crippen molar-refractivity contribution < 1.29 is 4.42 Å². The van der Waals surface area contributed by atoms with Crippen molar-refractivity contribution in [2.75, 3.05) is 18.0 Å². The van der Waals surface area contributed by atoms with Crippen molar-refractivity contribution in [1.82, 2.24) is 15.5 Å². The van der Waals surface area contributed by atoms with E-state index in [2.05, 4.69) is 34.3 Å². The summed E-state index contributed by atoms with van der Waals surface area (Å²) in [7, 11) is 0. The maximum atomic E-state index is 5.69. The summed E-state index contributed by atoms with van der Waals surface area (Å²) in [5.41, 5.74) is 0. The molecule has 0 spiro atoms. The van der Waals surface area contributed by atoms with Gasteiger partial charge < -0.3 is 14.6 Å². The Bertz CT molecular complexity index is 338. The molecule has 2 heterocycles. The van der Waals surface area contributed by atoms with Crippen molar-refractivity contribution in [2.45, 2.75) is 45.7 Å². The molecule has 16 heavy (non-hydrogen) atoms. The first kappa shape index (κ1) is 11.4. The summed E-state index contributed by atoms with van der Waals surface area (Å²) >= 11 is 0. The predicted molar refractivity (Wildman–Crippen MR) is 62.4 cm³/mol. The summed E-state index contributed by atoms with van der Waals surface area (Å²) in [6, 6.07) is 1.32. The van der Waals surface area contributed by atoms with Crippen molar-refractivity contribution in [3.05, 3.63) is 5.89 Å². The Kier molecular flexibility index (Phi) is 3.43. The molecule has 5 nitrogen and oxygen atoms in total. The fourth-order valence-corrected chi connectivity index (χ4v) is 2.13. The van der Waals surface area contributed by atoms with Crippen LogP contribution in [0.15, 0.2) is 4.42 Å². The van der Waals surface area contributed by atoms with E-state index in [1.807, 2.05) is 6.92 Å². The van der Waals surface area contributed by atoms with Crippen molar-refractivity contribution in [1.29, 1.82) is 0 Å². The Morgan fingerprint density at radius 2 is 2.38 bits per heavy atom. The lowest BCUT2D eigenvalue weighted by Crippen LogP contribution is -2.26. The number of hydrogen-bond acceptors (Lipinski definition) is 5. The quantitative estimate of drug-likeness (QED) is 0.844. The Morgan fingerprint density at radius 1 is 1.56 bits per heavy atom. The molecule has 0 aromatic carbocycles. The van der Waals surface area contributed by atoms with Crippen LogP contribution in [0.25, 0.3) is 0 Å². The number of nitrogens with one attached hydrogen (secondary N) is 1. The molecule has 2 rings (SSSR count). The lowest BCUT2D eigenvalue weighted by Gasteiger charge is -2.17. The second kappa shape index (κ2) is 4.82. The second-order valence-corrected chi connectivity index (χ2v) is 4.39. The van der Waals surface area contributed by atoms with Crippen LogP contribution in [0, 0.1) is 0 Å². The molecule has 2 atom stereocenters. The Balaban J connectivity index is 2.06. The Labute approximate surface area is 96.2 Å². The molecule has 0 radical (unpaired) electrons. The van der Waals surface area contributed by atoms with Gasteiger partial charge in [-0.05, 0) is 33.2 Å². The van der Waals surface area contributed by atoms with E-state index in [1.165, 1.54) is 12.8 Å². The molecule has 90 valence electrons. The van der Waals surface area contributed by atoms with Crippen LogP contribution in [0.5, 0.6) is 0 Å². The molecular weight excluding hydrogens is 204 g/mol. The first-order chi connectivity index (χ1) is 7.72. The van der Waals surface area contributed by atoms with Gasteiger partial charge in [0.2, 0.25) is 5.89 Å². The van der Waals surface area contributed by atoms with Crippen LogP contribution >= 0.6 is 0 Å². The molecule has 1 aromatic heterocycles. The fraction of sp³-hybridized carbons (Fsp3) is 0.818. The van der Waals surface area contributed by atoms with E-state index in [0.29, 0.717) is 17.9 Å². The van der Waals surface area contributed by atoms with E-state index in [-0.39, 0.29) is 6.04 Å². The number of aromatic nitrogens is 2. The highest BCUT2D eigenvalue weighted by molar-refractivity contribution is 5.28. The third-order valence-corrected chi connectivity index (χ3v) is 3.11. The summed E-state index contributed by atoms with van der Waals surface area (Å²) in [5.74, 6) is 0.677. The van der Waals surface area contributed by atoms with Crippen molar-refractivity contribution in [3.8, 4) is 0 Å². The average molecular weight is 224 g/mol. The first-order valence-electron chi connectivity index (χ1n) is 6.05. The zero-order chi connectivity index (χ0) is 11.5. The van der Waals surface area contributed by atoms with Crippen LogP contribution in [-0.4, -0.2) is 29.3 Å². The zero-order valence-electron chi connectivity index (χ0n) is 10.2. The molecule has 0 saturated carbocycles. The SMILES string of the molecule is CCNC(C)c1nnc(N2CCCC2C)o1. The van der Waals surface area contributed by atoms with Gasteiger partial charge in [0.1, 0.15) is 0 Å². The van der Waals surface area contributed by atoms with Crippen LogP contribution in [0.1, 0.15) is 45.5 Å². The normalized spacial score (nSPS) is 22.7. The summed E-state index contributed by atoms with van der Waals surface area (Å²) < 4.78 is 5.69. The van der Waals surface area contributed by atoms with E-state index in [9.17, 15) is 0 Å². The summed E-state index contributed by atoms with van der Waals surface area (Å²) in [6.45, 7) is 8.23. The molecule has 2 unspecified atom stereocenters. The third-order valence-electron chi connectivity index (χ3n) is 3.11. The lowest BCUT2D eigenvalue weighted by molar-refractivity contribution is 0.418. The number of anilines is 1. The molecule has 0 aliphatic carbocycles. The maximum absolute atomic E-state index is 5.69. The minimum atomic E-state index is 0.129. The van der Waals surface area contributed by atoms with Gasteiger partial charge in [0.05, 0.1) is 6.04 Å². The maximum Gasteiger partial charge on any atom is 0.318 e. The lowest BCUT2D eigenvalue weighted by atomic mass is 10.2. The third kappa shape index (κ3) is 2.19. The van der Waals surface area contributed by atoms with E-state index in [4.69, 9.17) is 4.42 Å². The van der Waals surface area contributed by atoms with E-state index in [1.54, 1.807) is 0 Å². The standard InChI is InChI=1S/C11H20N4O/c1-4-12-9(3)10-13-14-11(16-10)15-7-5-6-8(15)2/h8-9,12H,4-7H2,1-3H3. The van der Waals surface area contributed by atoms with Gasteiger partial charge in [-0.25, -0.2) is 0 Å². The number of hydrogen-bond donors (Lipinski definition) is 1. The van der Waals surface area contributed by atoms with E-state index in [0.717, 1.165) is 13.1 Å². The molecule has 1 aliphatic rings. The van der Waals surface area contributed by atoms with E-state index < -0.39 is 0 Å². The molecular formula is C11H20N4O. The van der Waals surface area contributed by atoms with Gasteiger partial charge in [0.25, 0.3) is 0 Å². The molecule has 1 aliphatic heterocycles. The van der Waals surface area contributed by atoms with Gasteiger partial charge in [0.15, 0.2) is 0 Å². The highest BCUT2D eigenvalue weighted by Gasteiger charge is 2.25. The van der Waals surface area contributed by atoms with Crippen molar-refractivity contribution in [3.63, 3.8) is 0 Å². The van der Waals surface area contributed by atoms with Crippen LogP contribution in [0.4, 0.5) is 6.01 Å². The van der Waals surface area contributed by atoms with Gasteiger partial charge in [-0.3, -0.25) is 0 Å². The van der Waals surface area contributed by atoms with Gasteiger partial charge >= 0.3 is 6.01 Å². The van der Waals surface area contributed by atoms with Crippen LogP contribution < -0.4 is 10.2 Å². The highest BCUT2D eigenvalue weighted by atomic mass is 16.4. The predicted octanol–water partition coefficient (Wildman–Crippen LogP) is 1.73. The number of rotatable bonds is 4. The monoisotopic (exact) mass is 224 g/mol. The molecule has 5 heteroatoms. The van der Waals surface area contributed by atoms with Crippen LogP contribution in [0.3, 0.4) is 0 Å². The topological polar surface area (TPSA) is 54.2 Å². The van der Waals surface area contributed by atoms with Gasteiger partial charge in [-0.15, -0.1) is 5.10 Å². The highest BCUT2D eigenvalue weighted by Crippen LogP contribution is 2.25. The van der Waals surface area contributed by atoms with Crippen molar-refractivity contribution >= 4 is 6.01 Å². The number of nitrogens with zero attached hydrogens (tertiary/aromatic N) is 3. The van der Waals surface area contributed by atoms with Gasteiger partial charge in [-0.2, -0.15) is 0 Å². The van der Waals surface area contributed by atoms with E-state index >= 15 is 0 Å². The fourth-order valence-electron chi connectivity index (χ4n) is 2.13. The van der Waals surface area contributed by atoms with Gasteiger partial charge in [-0.1, -0.05) is 12.0 Å². The molecule has 1 aromatic rings. The zero-order valence-corrected chi connectivity index (χ0v) is 10.2. The summed E-state index contributed by atoms with van der Waals surface area (Å²) in [5, 5.41) is 11.5.